The lowest BCUT2D eigenvalue weighted by Crippen LogP contribution is -2.38. The van der Waals surface area contributed by atoms with E-state index in [4.69, 9.17) is 9.47 Å². The molecular weight excluding hydrogens is 501 g/mol. The van der Waals surface area contributed by atoms with Crippen molar-refractivity contribution in [3.63, 3.8) is 0 Å². The van der Waals surface area contributed by atoms with Gasteiger partial charge in [-0.25, -0.2) is 14.0 Å². The zero-order chi connectivity index (χ0) is 27.6. The van der Waals surface area contributed by atoms with Crippen LogP contribution in [0.3, 0.4) is 0 Å². The number of aromatic carboxylic acids is 1. The van der Waals surface area contributed by atoms with Crippen LogP contribution in [0.25, 0.3) is 0 Å². The van der Waals surface area contributed by atoms with E-state index >= 15 is 0 Å². The molecule has 0 bridgehead atoms. The third-order valence-corrected chi connectivity index (χ3v) is 6.80. The van der Waals surface area contributed by atoms with Crippen molar-refractivity contribution in [2.24, 2.45) is 0 Å². The summed E-state index contributed by atoms with van der Waals surface area (Å²) in [7, 11) is 0. The molecule has 2 amide bonds. The van der Waals surface area contributed by atoms with Crippen molar-refractivity contribution in [1.82, 2.24) is 9.88 Å². The van der Waals surface area contributed by atoms with Crippen LogP contribution in [0.15, 0.2) is 67.0 Å². The summed E-state index contributed by atoms with van der Waals surface area (Å²) >= 11 is 0. The van der Waals surface area contributed by atoms with Crippen molar-refractivity contribution < 1.29 is 28.6 Å². The molecule has 39 heavy (non-hydrogen) atoms. The molecule has 1 aliphatic rings. The molecule has 1 fully saturated rings. The summed E-state index contributed by atoms with van der Waals surface area (Å²) in [5.41, 5.74) is 2.93. The Kier molecular flexibility index (Phi) is 9.99. The topological polar surface area (TPSA) is 101 Å². The largest absolute Gasteiger partial charge is 0.478 e. The first kappa shape index (κ1) is 28.2. The van der Waals surface area contributed by atoms with Crippen molar-refractivity contribution in [2.75, 3.05) is 18.5 Å². The number of aromatic nitrogens is 1. The normalized spacial score (nSPS) is 17.0. The zero-order valence-corrected chi connectivity index (χ0v) is 22.0. The second-order valence-corrected chi connectivity index (χ2v) is 9.73. The molecule has 2 atom stereocenters. The number of rotatable bonds is 11. The van der Waals surface area contributed by atoms with Gasteiger partial charge < -0.3 is 24.8 Å². The summed E-state index contributed by atoms with van der Waals surface area (Å²) in [6.07, 6.45) is 6.74. The molecule has 0 aliphatic heterocycles. The van der Waals surface area contributed by atoms with Crippen molar-refractivity contribution in [3.8, 4) is 0 Å². The lowest BCUT2D eigenvalue weighted by atomic mass is 9.94. The molecule has 1 aromatic heterocycles. The number of ether oxygens (including phenoxy) is 2. The SMILES string of the molecule is Cc1cccc(CO[C@H]2CCC[C@@H](OCCN(Cc3cccnc3)C(=O)Nc3cccc(F)c3)C2)c1C(=O)O. The number of benzene rings is 2. The molecule has 1 saturated carbocycles. The zero-order valence-electron chi connectivity index (χ0n) is 22.0. The number of hydrogen-bond donors (Lipinski definition) is 2. The fourth-order valence-corrected chi connectivity index (χ4v) is 4.83. The summed E-state index contributed by atoms with van der Waals surface area (Å²) < 4.78 is 25.9. The Hall–Kier alpha value is -3.82. The Bertz CT molecular complexity index is 1260. The van der Waals surface area contributed by atoms with Crippen LogP contribution in [0.1, 0.15) is 52.7 Å². The number of carboxylic acid groups (broad SMARTS) is 1. The van der Waals surface area contributed by atoms with E-state index in [-0.39, 0.29) is 24.8 Å². The fraction of sp³-hybridized carbons (Fsp3) is 0.367. The van der Waals surface area contributed by atoms with E-state index < -0.39 is 11.8 Å². The van der Waals surface area contributed by atoms with Crippen LogP contribution in [0, 0.1) is 12.7 Å². The van der Waals surface area contributed by atoms with Gasteiger partial charge in [-0.05, 0) is 73.6 Å². The van der Waals surface area contributed by atoms with Gasteiger partial charge in [-0.15, -0.1) is 0 Å². The summed E-state index contributed by atoms with van der Waals surface area (Å²) in [5, 5.41) is 12.3. The van der Waals surface area contributed by atoms with Gasteiger partial charge in [-0.3, -0.25) is 4.98 Å². The van der Waals surface area contributed by atoms with Gasteiger partial charge in [0.15, 0.2) is 0 Å². The number of amides is 2. The van der Waals surface area contributed by atoms with Crippen LogP contribution in [0.4, 0.5) is 14.9 Å². The fourth-order valence-electron chi connectivity index (χ4n) is 4.83. The molecule has 206 valence electrons. The highest BCUT2D eigenvalue weighted by Crippen LogP contribution is 2.25. The maximum Gasteiger partial charge on any atom is 0.336 e. The molecule has 0 unspecified atom stereocenters. The molecule has 0 spiro atoms. The highest BCUT2D eigenvalue weighted by Gasteiger charge is 2.25. The van der Waals surface area contributed by atoms with Gasteiger partial charge in [0, 0.05) is 31.2 Å². The highest BCUT2D eigenvalue weighted by atomic mass is 19.1. The second kappa shape index (κ2) is 13.8. The van der Waals surface area contributed by atoms with E-state index in [1.54, 1.807) is 48.5 Å². The number of aryl methyl sites for hydroxylation is 1. The van der Waals surface area contributed by atoms with Crippen molar-refractivity contribution >= 4 is 17.7 Å². The van der Waals surface area contributed by atoms with Gasteiger partial charge in [0.2, 0.25) is 0 Å². The average Bonchev–Trinajstić information content (AvgIpc) is 2.92. The maximum atomic E-state index is 13.6. The van der Waals surface area contributed by atoms with Crippen LogP contribution in [0.5, 0.6) is 0 Å². The summed E-state index contributed by atoms with van der Waals surface area (Å²) in [4.78, 5) is 30.5. The number of halogens is 1. The number of urea groups is 1. The molecule has 1 aliphatic carbocycles. The molecule has 2 aromatic carbocycles. The smallest absolute Gasteiger partial charge is 0.336 e. The van der Waals surface area contributed by atoms with Crippen LogP contribution in [-0.4, -0.2) is 52.4 Å². The third kappa shape index (κ3) is 8.33. The summed E-state index contributed by atoms with van der Waals surface area (Å²) in [6.45, 7) is 3.02. The van der Waals surface area contributed by atoms with Crippen LogP contribution in [0.2, 0.25) is 0 Å². The number of carbonyl (C=O) groups is 2. The minimum Gasteiger partial charge on any atom is -0.478 e. The Labute approximate surface area is 227 Å². The van der Waals surface area contributed by atoms with Gasteiger partial charge in [-0.1, -0.05) is 30.3 Å². The molecule has 0 saturated heterocycles. The maximum absolute atomic E-state index is 13.6. The van der Waals surface area contributed by atoms with E-state index in [2.05, 4.69) is 10.3 Å². The number of carbonyl (C=O) groups excluding carboxylic acids is 1. The van der Waals surface area contributed by atoms with Gasteiger partial charge >= 0.3 is 12.0 Å². The highest BCUT2D eigenvalue weighted by molar-refractivity contribution is 5.91. The molecule has 9 heteroatoms. The molecule has 8 nitrogen and oxygen atoms in total. The van der Waals surface area contributed by atoms with Gasteiger partial charge in [-0.2, -0.15) is 0 Å². The third-order valence-electron chi connectivity index (χ3n) is 6.80. The Morgan fingerprint density at radius 2 is 1.90 bits per heavy atom. The average molecular weight is 536 g/mol. The van der Waals surface area contributed by atoms with Crippen molar-refractivity contribution in [2.45, 2.75) is 58.0 Å². The molecule has 2 N–H and O–H groups in total. The van der Waals surface area contributed by atoms with Crippen LogP contribution >= 0.6 is 0 Å². The van der Waals surface area contributed by atoms with Gasteiger partial charge in [0.25, 0.3) is 0 Å². The number of pyridine rings is 1. The van der Waals surface area contributed by atoms with Gasteiger partial charge in [0.1, 0.15) is 5.82 Å². The number of nitrogens with zero attached hydrogens (tertiary/aromatic N) is 2. The standard InChI is InChI=1S/C30H34FN3O5/c1-21-6-2-8-23(28(21)29(35)36)20-39-27-12-4-11-26(17-27)38-15-14-34(19-22-7-5-13-32-18-22)30(37)33-25-10-3-9-24(31)16-25/h2-3,5-10,13,16,18,26-27H,4,11-12,14-15,17,19-20H2,1H3,(H,33,37)(H,35,36)/t26-,27+/m1/s1. The number of hydrogen-bond acceptors (Lipinski definition) is 5. The van der Waals surface area contributed by atoms with Crippen molar-refractivity contribution in [1.29, 1.82) is 0 Å². The minimum atomic E-state index is -0.950. The van der Waals surface area contributed by atoms with E-state index in [1.807, 2.05) is 18.2 Å². The van der Waals surface area contributed by atoms with E-state index in [0.717, 1.165) is 24.8 Å². The summed E-state index contributed by atoms with van der Waals surface area (Å²) in [5.74, 6) is -1.38. The quantitative estimate of drug-likeness (QED) is 0.322. The van der Waals surface area contributed by atoms with Crippen LogP contribution in [-0.2, 0) is 22.6 Å². The Morgan fingerprint density at radius 1 is 1.10 bits per heavy atom. The van der Waals surface area contributed by atoms with Gasteiger partial charge in [0.05, 0.1) is 31.0 Å². The minimum absolute atomic E-state index is 0.0215. The first-order valence-electron chi connectivity index (χ1n) is 13.1. The lowest BCUT2D eigenvalue weighted by Gasteiger charge is -2.30. The van der Waals surface area contributed by atoms with Crippen molar-refractivity contribution in [3.05, 3.63) is 95.1 Å². The Morgan fingerprint density at radius 3 is 2.64 bits per heavy atom. The molecule has 4 rings (SSSR count). The predicted molar refractivity (Wildman–Crippen MR) is 145 cm³/mol. The monoisotopic (exact) mass is 535 g/mol. The van der Waals surface area contributed by atoms with E-state index in [0.29, 0.717) is 48.5 Å². The lowest BCUT2D eigenvalue weighted by molar-refractivity contribution is -0.0524. The predicted octanol–water partition coefficient (Wildman–Crippen LogP) is 5.81. The van der Waals surface area contributed by atoms with E-state index in [1.165, 1.54) is 12.1 Å². The van der Waals surface area contributed by atoms with E-state index in [9.17, 15) is 19.1 Å². The number of anilines is 1. The second-order valence-electron chi connectivity index (χ2n) is 9.73. The molecular formula is C30H34FN3O5. The Balaban J connectivity index is 1.31. The number of carboxylic acids is 1. The first-order valence-corrected chi connectivity index (χ1v) is 13.1. The first-order chi connectivity index (χ1) is 18.9. The number of nitrogens with one attached hydrogen (secondary N) is 1. The van der Waals surface area contributed by atoms with Crippen LogP contribution < -0.4 is 5.32 Å². The molecule has 0 radical (unpaired) electrons. The molecule has 3 aromatic rings. The molecule has 1 heterocycles. The summed E-state index contributed by atoms with van der Waals surface area (Å²) in [6, 6.07) is 14.5.